The number of furan rings is 1. The zero-order valence-electron chi connectivity index (χ0n) is 12.7. The molecular formula is C21H12BrNO. The van der Waals surface area contributed by atoms with Crippen LogP contribution in [-0.2, 0) is 0 Å². The molecule has 0 fully saturated rings. The van der Waals surface area contributed by atoms with Gasteiger partial charge >= 0.3 is 0 Å². The monoisotopic (exact) mass is 373 g/mol. The minimum Gasteiger partial charge on any atom is -0.455 e. The Morgan fingerprint density at radius 1 is 0.792 bits per heavy atom. The second-order valence-corrected chi connectivity index (χ2v) is 6.66. The first kappa shape index (κ1) is 13.8. The molecule has 0 amide bonds. The lowest BCUT2D eigenvalue weighted by molar-refractivity contribution is 0.667. The second-order valence-electron chi connectivity index (χ2n) is 5.81. The van der Waals surface area contributed by atoms with Crippen molar-refractivity contribution in [2.24, 2.45) is 0 Å². The smallest absolute Gasteiger partial charge is 0.149 e. The fraction of sp³-hybridized carbons (Fsp3) is 0. The first-order chi connectivity index (χ1) is 11.8. The van der Waals surface area contributed by atoms with Crippen LogP contribution in [0.2, 0.25) is 0 Å². The van der Waals surface area contributed by atoms with E-state index in [1.54, 1.807) is 0 Å². The third kappa shape index (κ3) is 1.98. The van der Waals surface area contributed by atoms with Gasteiger partial charge in [0, 0.05) is 22.4 Å². The lowest BCUT2D eigenvalue weighted by atomic mass is 9.99. The molecule has 24 heavy (non-hydrogen) atoms. The number of benzene rings is 3. The highest BCUT2D eigenvalue weighted by Gasteiger charge is 2.13. The number of para-hydroxylation sites is 2. The van der Waals surface area contributed by atoms with E-state index in [0.29, 0.717) is 0 Å². The molecule has 0 aliphatic heterocycles. The molecular weight excluding hydrogens is 362 g/mol. The summed E-state index contributed by atoms with van der Waals surface area (Å²) in [6.45, 7) is 0. The molecule has 0 unspecified atom stereocenters. The van der Waals surface area contributed by atoms with Crippen LogP contribution >= 0.6 is 15.9 Å². The Bertz CT molecular complexity index is 1220. The Morgan fingerprint density at radius 2 is 1.58 bits per heavy atom. The zero-order chi connectivity index (χ0) is 16.1. The van der Waals surface area contributed by atoms with Gasteiger partial charge in [-0.1, -0.05) is 36.4 Å². The predicted molar refractivity (Wildman–Crippen MR) is 102 cm³/mol. The van der Waals surface area contributed by atoms with Gasteiger partial charge in [0.2, 0.25) is 0 Å². The van der Waals surface area contributed by atoms with Gasteiger partial charge in [-0.3, -0.25) is 4.98 Å². The van der Waals surface area contributed by atoms with Gasteiger partial charge in [-0.25, -0.2) is 0 Å². The van der Waals surface area contributed by atoms with E-state index in [2.05, 4.69) is 51.2 Å². The molecule has 5 aromatic rings. The van der Waals surface area contributed by atoms with Crippen LogP contribution in [-0.4, -0.2) is 4.98 Å². The number of halogens is 1. The lowest BCUT2D eigenvalue weighted by Crippen LogP contribution is -1.84. The number of fused-ring (bicyclic) bond motifs is 4. The van der Waals surface area contributed by atoms with Crippen LogP contribution < -0.4 is 0 Å². The van der Waals surface area contributed by atoms with E-state index in [0.717, 1.165) is 42.9 Å². The zero-order valence-corrected chi connectivity index (χ0v) is 14.2. The van der Waals surface area contributed by atoms with Crippen molar-refractivity contribution in [2.75, 3.05) is 0 Å². The predicted octanol–water partition coefficient (Wildman–Crippen LogP) is 6.56. The van der Waals surface area contributed by atoms with Crippen LogP contribution in [0.3, 0.4) is 0 Å². The number of aromatic nitrogens is 1. The molecule has 3 heteroatoms. The van der Waals surface area contributed by atoms with E-state index < -0.39 is 0 Å². The number of hydrogen-bond acceptors (Lipinski definition) is 2. The molecule has 0 aliphatic carbocycles. The molecule has 0 radical (unpaired) electrons. The Morgan fingerprint density at radius 3 is 2.50 bits per heavy atom. The molecule has 0 saturated carbocycles. The van der Waals surface area contributed by atoms with Crippen molar-refractivity contribution in [3.8, 4) is 11.1 Å². The summed E-state index contributed by atoms with van der Waals surface area (Å²) in [6.07, 6.45) is 1.86. The molecule has 0 atom stereocenters. The summed E-state index contributed by atoms with van der Waals surface area (Å²) in [5, 5.41) is 3.41. The van der Waals surface area contributed by atoms with Crippen LogP contribution in [0.25, 0.3) is 44.0 Å². The SMILES string of the molecule is Brc1cc(-c2ccnc3ccccc23)cc2c1oc1ccccc12. The summed E-state index contributed by atoms with van der Waals surface area (Å²) in [5.74, 6) is 0. The third-order valence-corrected chi connectivity index (χ3v) is 4.98. The highest BCUT2D eigenvalue weighted by molar-refractivity contribution is 9.10. The summed E-state index contributed by atoms with van der Waals surface area (Å²) >= 11 is 3.68. The fourth-order valence-corrected chi connectivity index (χ4v) is 3.83. The molecule has 5 rings (SSSR count). The molecule has 114 valence electrons. The van der Waals surface area contributed by atoms with Crippen molar-refractivity contribution in [3.63, 3.8) is 0 Å². The normalized spacial score (nSPS) is 11.5. The van der Waals surface area contributed by atoms with E-state index in [1.165, 1.54) is 5.56 Å². The average molecular weight is 374 g/mol. The van der Waals surface area contributed by atoms with E-state index in [9.17, 15) is 0 Å². The molecule has 2 heterocycles. The highest BCUT2D eigenvalue weighted by atomic mass is 79.9. The van der Waals surface area contributed by atoms with Gasteiger partial charge in [0.25, 0.3) is 0 Å². The van der Waals surface area contributed by atoms with Crippen molar-refractivity contribution in [2.45, 2.75) is 0 Å². The largest absolute Gasteiger partial charge is 0.455 e. The van der Waals surface area contributed by atoms with Gasteiger partial charge in [-0.15, -0.1) is 0 Å². The average Bonchev–Trinajstić information content (AvgIpc) is 3.01. The van der Waals surface area contributed by atoms with Crippen LogP contribution in [0, 0.1) is 0 Å². The molecule has 0 saturated heterocycles. The Balaban J connectivity index is 1.88. The summed E-state index contributed by atoms with van der Waals surface area (Å²) in [6, 6.07) is 22.7. The Labute approximate surface area is 146 Å². The standard InChI is InChI=1S/C21H12BrNO/c22-18-12-13(14-9-10-23-19-7-3-1-5-15(14)19)11-17-16-6-2-4-8-20(16)24-21(17)18/h1-12H. The van der Waals surface area contributed by atoms with E-state index in [4.69, 9.17) is 4.42 Å². The van der Waals surface area contributed by atoms with Crippen molar-refractivity contribution in [3.05, 3.63) is 77.4 Å². The second kappa shape index (κ2) is 5.18. The molecule has 2 aromatic heterocycles. The van der Waals surface area contributed by atoms with Crippen molar-refractivity contribution in [1.29, 1.82) is 0 Å². The van der Waals surface area contributed by atoms with Gasteiger partial charge in [0.05, 0.1) is 9.99 Å². The molecule has 0 aliphatic rings. The number of hydrogen-bond donors (Lipinski definition) is 0. The first-order valence-corrected chi connectivity index (χ1v) is 8.55. The van der Waals surface area contributed by atoms with Gasteiger partial charge in [0.1, 0.15) is 11.2 Å². The number of pyridine rings is 1. The van der Waals surface area contributed by atoms with Crippen molar-refractivity contribution < 1.29 is 4.42 Å². The topological polar surface area (TPSA) is 26.0 Å². The summed E-state index contributed by atoms with van der Waals surface area (Å²) in [7, 11) is 0. The molecule has 2 nitrogen and oxygen atoms in total. The van der Waals surface area contributed by atoms with Gasteiger partial charge in [0.15, 0.2) is 0 Å². The maximum absolute atomic E-state index is 6.00. The lowest BCUT2D eigenvalue weighted by Gasteiger charge is -2.07. The fourth-order valence-electron chi connectivity index (χ4n) is 3.29. The van der Waals surface area contributed by atoms with E-state index in [1.807, 2.05) is 42.6 Å². The van der Waals surface area contributed by atoms with Gasteiger partial charge < -0.3 is 4.42 Å². The third-order valence-electron chi connectivity index (χ3n) is 4.39. The number of nitrogens with zero attached hydrogens (tertiary/aromatic N) is 1. The minimum atomic E-state index is 0.887. The highest BCUT2D eigenvalue weighted by Crippen LogP contribution is 2.38. The van der Waals surface area contributed by atoms with Crippen molar-refractivity contribution >= 4 is 48.8 Å². The quantitative estimate of drug-likeness (QED) is 0.332. The minimum absolute atomic E-state index is 0.887. The van der Waals surface area contributed by atoms with Crippen LogP contribution in [0.4, 0.5) is 0 Å². The maximum Gasteiger partial charge on any atom is 0.149 e. The van der Waals surface area contributed by atoms with Gasteiger partial charge in [-0.05, 0) is 57.4 Å². The molecule has 0 N–H and O–H groups in total. The molecule has 0 bridgehead atoms. The summed E-state index contributed by atoms with van der Waals surface area (Å²) in [5.41, 5.74) is 5.12. The maximum atomic E-state index is 6.00. The number of rotatable bonds is 1. The van der Waals surface area contributed by atoms with Crippen LogP contribution in [0.15, 0.2) is 81.8 Å². The van der Waals surface area contributed by atoms with E-state index in [-0.39, 0.29) is 0 Å². The Hall–Kier alpha value is -2.65. The summed E-state index contributed by atoms with van der Waals surface area (Å²) in [4.78, 5) is 4.46. The van der Waals surface area contributed by atoms with Crippen molar-refractivity contribution in [1.82, 2.24) is 4.98 Å². The molecule has 3 aromatic carbocycles. The summed E-state index contributed by atoms with van der Waals surface area (Å²) < 4.78 is 6.97. The van der Waals surface area contributed by atoms with Crippen LogP contribution in [0.1, 0.15) is 0 Å². The Kier molecular flexibility index (Phi) is 2.97. The van der Waals surface area contributed by atoms with E-state index >= 15 is 0 Å². The van der Waals surface area contributed by atoms with Crippen LogP contribution in [0.5, 0.6) is 0 Å². The van der Waals surface area contributed by atoms with Gasteiger partial charge in [-0.2, -0.15) is 0 Å². The molecule has 0 spiro atoms. The first-order valence-electron chi connectivity index (χ1n) is 7.76.